The molecule has 1 saturated heterocycles. The molecule has 0 bridgehead atoms. The molecule has 1 aliphatic heterocycles. The highest BCUT2D eigenvalue weighted by atomic mass is 32.2. The lowest BCUT2D eigenvalue weighted by Crippen LogP contribution is -2.56. The first-order valence-electron chi connectivity index (χ1n) is 9.06. The maximum Gasteiger partial charge on any atom is 0.163 e. The summed E-state index contributed by atoms with van der Waals surface area (Å²) in [6.07, 6.45) is 4.69. The minimum Gasteiger partial charge on any atom is -0.354 e. The SMILES string of the molecule is CCC1(CC)CN(c2nc(-c3cccnc3)nc(C)c2C)CCS1(=O)=O. The molecule has 3 heterocycles. The standard InChI is InChI=1S/C19H26N4O2S/c1-5-19(6-2)13-23(10-11-26(19,24)25)18-14(3)15(4)21-17(22-18)16-8-7-9-20-12-16/h7-9,12H,5-6,10-11,13H2,1-4H3. The molecule has 7 heteroatoms. The molecule has 0 saturated carbocycles. The van der Waals surface area contributed by atoms with Crippen LogP contribution >= 0.6 is 0 Å². The zero-order valence-corrected chi connectivity index (χ0v) is 16.7. The summed E-state index contributed by atoms with van der Waals surface area (Å²) in [5.74, 6) is 1.63. The number of hydrogen-bond acceptors (Lipinski definition) is 6. The lowest BCUT2D eigenvalue weighted by atomic mass is 10.0. The normalized spacial score (nSPS) is 18.7. The van der Waals surface area contributed by atoms with E-state index in [0.717, 1.165) is 22.6 Å². The van der Waals surface area contributed by atoms with E-state index in [0.29, 0.717) is 31.8 Å². The topological polar surface area (TPSA) is 76.1 Å². The van der Waals surface area contributed by atoms with Crippen LogP contribution in [-0.2, 0) is 9.84 Å². The molecule has 2 aromatic heterocycles. The number of nitrogens with zero attached hydrogens (tertiary/aromatic N) is 4. The van der Waals surface area contributed by atoms with Crippen molar-refractivity contribution in [3.05, 3.63) is 35.8 Å². The second-order valence-corrected chi connectivity index (χ2v) is 9.46. The highest BCUT2D eigenvalue weighted by Gasteiger charge is 2.45. The number of rotatable bonds is 4. The van der Waals surface area contributed by atoms with E-state index in [9.17, 15) is 8.42 Å². The van der Waals surface area contributed by atoms with Crippen molar-refractivity contribution in [2.75, 3.05) is 23.7 Å². The van der Waals surface area contributed by atoms with Crippen LogP contribution in [-0.4, -0.2) is 47.0 Å². The Bertz CT molecular complexity index is 893. The predicted molar refractivity (Wildman–Crippen MR) is 104 cm³/mol. The van der Waals surface area contributed by atoms with Gasteiger partial charge in [-0.15, -0.1) is 0 Å². The third-order valence-electron chi connectivity index (χ3n) is 5.64. The van der Waals surface area contributed by atoms with Crippen LogP contribution in [0.15, 0.2) is 24.5 Å². The van der Waals surface area contributed by atoms with Crippen molar-refractivity contribution in [3.63, 3.8) is 0 Å². The summed E-state index contributed by atoms with van der Waals surface area (Å²) in [5.41, 5.74) is 2.76. The van der Waals surface area contributed by atoms with Crippen LogP contribution in [0.4, 0.5) is 5.82 Å². The second-order valence-electron chi connectivity index (χ2n) is 6.95. The highest BCUT2D eigenvalue weighted by Crippen LogP contribution is 2.35. The minimum absolute atomic E-state index is 0.166. The van der Waals surface area contributed by atoms with Crippen LogP contribution in [0.3, 0.4) is 0 Å². The van der Waals surface area contributed by atoms with Crippen molar-refractivity contribution >= 4 is 15.7 Å². The van der Waals surface area contributed by atoms with Gasteiger partial charge in [-0.3, -0.25) is 4.98 Å². The van der Waals surface area contributed by atoms with Gasteiger partial charge in [0.05, 0.1) is 10.5 Å². The maximum atomic E-state index is 12.7. The van der Waals surface area contributed by atoms with Crippen LogP contribution in [0, 0.1) is 13.8 Å². The average molecular weight is 375 g/mol. The zero-order chi connectivity index (χ0) is 18.9. The Morgan fingerprint density at radius 3 is 2.54 bits per heavy atom. The molecule has 0 atom stereocenters. The summed E-state index contributed by atoms with van der Waals surface area (Å²) >= 11 is 0. The Morgan fingerprint density at radius 1 is 1.19 bits per heavy atom. The number of sulfone groups is 1. The van der Waals surface area contributed by atoms with E-state index in [1.165, 1.54) is 0 Å². The summed E-state index contributed by atoms with van der Waals surface area (Å²) in [6, 6.07) is 3.80. The van der Waals surface area contributed by atoms with E-state index in [1.807, 2.05) is 39.8 Å². The molecule has 0 N–H and O–H groups in total. The largest absolute Gasteiger partial charge is 0.354 e. The number of aromatic nitrogens is 3. The van der Waals surface area contributed by atoms with Gasteiger partial charge in [0.15, 0.2) is 15.7 Å². The zero-order valence-electron chi connectivity index (χ0n) is 15.9. The van der Waals surface area contributed by atoms with Crippen LogP contribution in [0.2, 0.25) is 0 Å². The van der Waals surface area contributed by atoms with E-state index in [1.54, 1.807) is 12.4 Å². The van der Waals surface area contributed by atoms with Gasteiger partial charge in [-0.1, -0.05) is 13.8 Å². The summed E-state index contributed by atoms with van der Waals surface area (Å²) < 4.78 is 24.7. The molecule has 0 unspecified atom stereocenters. The van der Waals surface area contributed by atoms with Gasteiger partial charge in [0.1, 0.15) is 5.82 Å². The summed E-state index contributed by atoms with van der Waals surface area (Å²) in [4.78, 5) is 15.7. The maximum absolute atomic E-state index is 12.7. The first-order valence-corrected chi connectivity index (χ1v) is 10.7. The van der Waals surface area contributed by atoms with E-state index in [-0.39, 0.29) is 5.75 Å². The van der Waals surface area contributed by atoms with E-state index < -0.39 is 14.6 Å². The first-order chi connectivity index (χ1) is 12.3. The molecule has 2 aromatic rings. The molecule has 0 aliphatic carbocycles. The molecule has 0 amide bonds. The lowest BCUT2D eigenvalue weighted by molar-refractivity contribution is 0.457. The molecule has 1 aliphatic rings. The number of anilines is 1. The van der Waals surface area contributed by atoms with Crippen molar-refractivity contribution in [3.8, 4) is 11.4 Å². The summed E-state index contributed by atoms with van der Waals surface area (Å²) in [7, 11) is -3.11. The van der Waals surface area contributed by atoms with E-state index in [4.69, 9.17) is 4.98 Å². The van der Waals surface area contributed by atoms with Crippen molar-refractivity contribution in [1.29, 1.82) is 0 Å². The van der Waals surface area contributed by atoms with Gasteiger partial charge < -0.3 is 4.90 Å². The second kappa shape index (κ2) is 6.95. The molecular formula is C19H26N4O2S. The molecule has 0 spiro atoms. The molecule has 0 aromatic carbocycles. The lowest BCUT2D eigenvalue weighted by Gasteiger charge is -2.42. The first kappa shape index (κ1) is 18.8. The van der Waals surface area contributed by atoms with Gasteiger partial charge in [0, 0.05) is 42.3 Å². The number of hydrogen-bond donors (Lipinski definition) is 0. The van der Waals surface area contributed by atoms with Gasteiger partial charge in [-0.05, 0) is 38.8 Å². The number of aryl methyl sites for hydroxylation is 1. The highest BCUT2D eigenvalue weighted by molar-refractivity contribution is 7.92. The average Bonchev–Trinajstić information content (AvgIpc) is 2.65. The monoisotopic (exact) mass is 374 g/mol. The van der Waals surface area contributed by atoms with Crippen molar-refractivity contribution in [2.24, 2.45) is 0 Å². The fourth-order valence-electron chi connectivity index (χ4n) is 3.61. The Kier molecular flexibility index (Phi) is 5.01. The Morgan fingerprint density at radius 2 is 1.92 bits per heavy atom. The van der Waals surface area contributed by atoms with Crippen molar-refractivity contribution < 1.29 is 8.42 Å². The molecular weight excluding hydrogens is 348 g/mol. The molecule has 6 nitrogen and oxygen atoms in total. The van der Waals surface area contributed by atoms with Crippen LogP contribution in [0.25, 0.3) is 11.4 Å². The van der Waals surface area contributed by atoms with Crippen LogP contribution in [0.1, 0.15) is 37.9 Å². The van der Waals surface area contributed by atoms with Gasteiger partial charge in [-0.25, -0.2) is 18.4 Å². The molecule has 0 radical (unpaired) electrons. The molecule has 1 fully saturated rings. The number of pyridine rings is 1. The van der Waals surface area contributed by atoms with E-state index >= 15 is 0 Å². The molecule has 26 heavy (non-hydrogen) atoms. The Balaban J connectivity index is 2.05. The third kappa shape index (κ3) is 3.09. The molecule has 140 valence electrons. The fraction of sp³-hybridized carbons (Fsp3) is 0.526. The summed E-state index contributed by atoms with van der Waals surface area (Å²) in [6.45, 7) is 8.84. The van der Waals surface area contributed by atoms with Gasteiger partial charge in [0.2, 0.25) is 0 Å². The van der Waals surface area contributed by atoms with Crippen molar-refractivity contribution in [1.82, 2.24) is 15.0 Å². The van der Waals surface area contributed by atoms with Gasteiger partial charge in [0.25, 0.3) is 0 Å². The van der Waals surface area contributed by atoms with Gasteiger partial charge >= 0.3 is 0 Å². The minimum atomic E-state index is -3.11. The third-order valence-corrected chi connectivity index (χ3v) is 8.39. The smallest absolute Gasteiger partial charge is 0.163 e. The Hall–Kier alpha value is -2.02. The van der Waals surface area contributed by atoms with Crippen LogP contribution < -0.4 is 4.90 Å². The van der Waals surface area contributed by atoms with Gasteiger partial charge in [-0.2, -0.15) is 0 Å². The predicted octanol–water partition coefficient (Wildman–Crippen LogP) is 2.95. The Labute approximate surface area is 155 Å². The van der Waals surface area contributed by atoms with Crippen molar-refractivity contribution in [2.45, 2.75) is 45.3 Å². The van der Waals surface area contributed by atoms with Crippen LogP contribution in [0.5, 0.6) is 0 Å². The fourth-order valence-corrected chi connectivity index (χ4v) is 5.74. The summed E-state index contributed by atoms with van der Waals surface area (Å²) in [5, 5.41) is 0. The molecule has 3 rings (SSSR count). The van der Waals surface area contributed by atoms with E-state index in [2.05, 4.69) is 14.9 Å². The quantitative estimate of drug-likeness (QED) is 0.819.